The smallest absolute Gasteiger partial charge is 0.310 e. The Kier molecular flexibility index (Phi) is 5.46. The first-order valence-electron chi connectivity index (χ1n) is 6.50. The molecule has 1 amide bonds. The molecule has 116 valence electrons. The molecule has 0 N–H and O–H groups in total. The van der Waals surface area contributed by atoms with E-state index < -0.39 is 0 Å². The van der Waals surface area contributed by atoms with Gasteiger partial charge in [-0.3, -0.25) is 9.59 Å². The fourth-order valence-corrected chi connectivity index (χ4v) is 3.32. The zero-order chi connectivity index (χ0) is 16.1. The Morgan fingerprint density at radius 3 is 2.77 bits per heavy atom. The van der Waals surface area contributed by atoms with Gasteiger partial charge in [0, 0.05) is 29.2 Å². The number of nitrogens with zero attached hydrogens (tertiary/aromatic N) is 2. The summed E-state index contributed by atoms with van der Waals surface area (Å²) in [6.07, 6.45) is 4.06. The number of carbonyl (C=O) groups excluding carboxylic acids is 2. The first kappa shape index (κ1) is 16.4. The summed E-state index contributed by atoms with van der Waals surface area (Å²) in [5.74, 6) is -0.343. The summed E-state index contributed by atoms with van der Waals surface area (Å²) in [5, 5.41) is 2.32. The molecule has 0 radical (unpaired) electrons. The predicted molar refractivity (Wildman–Crippen MR) is 89.1 cm³/mol. The zero-order valence-electron chi connectivity index (χ0n) is 12.5. The van der Waals surface area contributed by atoms with Crippen molar-refractivity contribution in [2.24, 2.45) is 0 Å². The second-order valence-electron chi connectivity index (χ2n) is 4.67. The van der Waals surface area contributed by atoms with Crippen LogP contribution in [0.2, 0.25) is 0 Å². The fraction of sp³-hybridized carbons (Fsp3) is 0.267. The van der Waals surface area contributed by atoms with E-state index in [9.17, 15) is 9.59 Å². The molecule has 0 aliphatic heterocycles. The lowest BCUT2D eigenvalue weighted by atomic mass is 10.3. The van der Waals surface area contributed by atoms with Crippen LogP contribution in [0.3, 0.4) is 0 Å². The average molecular weight is 336 g/mol. The molecule has 22 heavy (non-hydrogen) atoms. The van der Waals surface area contributed by atoms with Gasteiger partial charge < -0.3 is 9.64 Å². The maximum Gasteiger partial charge on any atom is 0.310 e. The molecule has 5 nitrogen and oxygen atoms in total. The molecule has 0 fully saturated rings. The Bertz CT molecular complexity index is 701. The Morgan fingerprint density at radius 2 is 2.09 bits per heavy atom. The Balaban J connectivity index is 2.03. The van der Waals surface area contributed by atoms with E-state index >= 15 is 0 Å². The van der Waals surface area contributed by atoms with Crippen LogP contribution in [0.25, 0.3) is 12.2 Å². The van der Waals surface area contributed by atoms with Crippen LogP contribution in [0.5, 0.6) is 0 Å². The van der Waals surface area contributed by atoms with E-state index in [-0.39, 0.29) is 18.3 Å². The minimum absolute atomic E-state index is 0.0962. The number of ether oxygens (including phenoxy) is 1. The summed E-state index contributed by atoms with van der Waals surface area (Å²) in [5.41, 5.74) is 0.748. The van der Waals surface area contributed by atoms with Gasteiger partial charge in [0.1, 0.15) is 0 Å². The minimum atomic E-state index is -0.247. The highest BCUT2D eigenvalue weighted by Gasteiger charge is 2.11. The van der Waals surface area contributed by atoms with Crippen LogP contribution in [-0.4, -0.2) is 43.0 Å². The van der Waals surface area contributed by atoms with Crippen LogP contribution in [0.15, 0.2) is 17.5 Å². The molecule has 2 aromatic rings. The van der Waals surface area contributed by atoms with Crippen LogP contribution in [0.1, 0.15) is 25.3 Å². The van der Waals surface area contributed by atoms with Crippen molar-refractivity contribution in [1.29, 1.82) is 0 Å². The molecule has 0 aromatic carbocycles. The highest BCUT2D eigenvalue weighted by molar-refractivity contribution is 7.13. The van der Waals surface area contributed by atoms with Gasteiger partial charge >= 0.3 is 5.97 Å². The minimum Gasteiger partial charge on any atom is -0.469 e. The molecule has 0 aliphatic carbocycles. The number of esters is 1. The first-order chi connectivity index (χ1) is 10.5. The van der Waals surface area contributed by atoms with Gasteiger partial charge in [-0.15, -0.1) is 22.7 Å². The molecular formula is C15H16N2O3S2. The van der Waals surface area contributed by atoms with Crippen molar-refractivity contribution in [2.75, 3.05) is 21.2 Å². The number of rotatable bonds is 5. The predicted octanol–water partition coefficient (Wildman–Crippen LogP) is 2.79. The van der Waals surface area contributed by atoms with Crippen molar-refractivity contribution in [1.82, 2.24) is 9.88 Å². The largest absolute Gasteiger partial charge is 0.469 e. The van der Waals surface area contributed by atoms with Gasteiger partial charge in [-0.05, 0) is 24.3 Å². The van der Waals surface area contributed by atoms with Crippen LogP contribution >= 0.6 is 22.7 Å². The molecule has 0 spiro atoms. The van der Waals surface area contributed by atoms with Crippen molar-refractivity contribution < 1.29 is 14.3 Å². The van der Waals surface area contributed by atoms with E-state index in [4.69, 9.17) is 0 Å². The molecule has 0 unspecified atom stereocenters. The van der Waals surface area contributed by atoms with E-state index in [1.165, 1.54) is 34.7 Å². The number of hydrogen-bond acceptors (Lipinski definition) is 6. The SMILES string of the molecule is COC(=O)Cc1ccc(C=Cc2csc(C(=O)N(C)C)n2)s1. The molecular weight excluding hydrogens is 320 g/mol. The Hall–Kier alpha value is -1.99. The van der Waals surface area contributed by atoms with Crippen LogP contribution in [0.4, 0.5) is 0 Å². The maximum atomic E-state index is 11.8. The third kappa shape index (κ3) is 4.25. The van der Waals surface area contributed by atoms with Crippen LogP contribution < -0.4 is 0 Å². The summed E-state index contributed by atoms with van der Waals surface area (Å²) in [6.45, 7) is 0. The van der Waals surface area contributed by atoms with Gasteiger partial charge in [0.2, 0.25) is 0 Å². The first-order valence-corrected chi connectivity index (χ1v) is 8.20. The molecule has 0 bridgehead atoms. The van der Waals surface area contributed by atoms with E-state index in [0.29, 0.717) is 5.01 Å². The highest BCUT2D eigenvalue weighted by atomic mass is 32.1. The van der Waals surface area contributed by atoms with Gasteiger partial charge in [0.15, 0.2) is 5.01 Å². The highest BCUT2D eigenvalue weighted by Crippen LogP contribution is 2.20. The number of methoxy groups -OCH3 is 1. The third-order valence-corrected chi connectivity index (χ3v) is 4.66. The number of amides is 1. The van der Waals surface area contributed by atoms with Crippen molar-refractivity contribution >= 4 is 46.7 Å². The van der Waals surface area contributed by atoms with Crippen molar-refractivity contribution in [3.05, 3.63) is 38.0 Å². The van der Waals surface area contributed by atoms with Crippen molar-refractivity contribution in [3.63, 3.8) is 0 Å². The Morgan fingerprint density at radius 1 is 1.32 bits per heavy atom. The quantitative estimate of drug-likeness (QED) is 0.788. The van der Waals surface area contributed by atoms with E-state index in [0.717, 1.165) is 15.4 Å². The van der Waals surface area contributed by atoms with Gasteiger partial charge in [0.05, 0.1) is 19.2 Å². The molecule has 7 heteroatoms. The van der Waals surface area contributed by atoms with Gasteiger partial charge in [-0.2, -0.15) is 0 Å². The Labute approximate surface area is 136 Å². The lowest BCUT2D eigenvalue weighted by molar-refractivity contribution is -0.139. The van der Waals surface area contributed by atoms with Gasteiger partial charge in [-0.25, -0.2) is 4.98 Å². The van der Waals surface area contributed by atoms with Crippen LogP contribution in [-0.2, 0) is 16.0 Å². The van der Waals surface area contributed by atoms with Crippen molar-refractivity contribution in [3.8, 4) is 0 Å². The molecule has 0 saturated carbocycles. The number of thiazole rings is 1. The van der Waals surface area contributed by atoms with Gasteiger partial charge in [0.25, 0.3) is 5.91 Å². The van der Waals surface area contributed by atoms with Crippen molar-refractivity contribution in [2.45, 2.75) is 6.42 Å². The third-order valence-electron chi connectivity index (χ3n) is 2.76. The lowest BCUT2D eigenvalue weighted by Crippen LogP contribution is -2.21. The summed E-state index contributed by atoms with van der Waals surface area (Å²) < 4.78 is 4.64. The fourth-order valence-electron chi connectivity index (χ4n) is 1.61. The standard InChI is InChI=1S/C15H16N2O3S2/c1-17(2)15(19)14-16-10(9-21-14)4-5-11-6-7-12(22-11)8-13(18)20-3/h4-7,9H,8H2,1-3H3. The van der Waals surface area contributed by atoms with E-state index in [2.05, 4.69) is 9.72 Å². The topological polar surface area (TPSA) is 59.5 Å². The molecule has 0 atom stereocenters. The summed E-state index contributed by atoms with van der Waals surface area (Å²) in [4.78, 5) is 30.8. The molecule has 2 heterocycles. The second kappa shape index (κ2) is 7.33. The summed E-state index contributed by atoms with van der Waals surface area (Å²) >= 11 is 2.85. The number of thiophene rings is 1. The monoisotopic (exact) mass is 336 g/mol. The average Bonchev–Trinajstić information content (AvgIpc) is 3.13. The van der Waals surface area contributed by atoms with E-state index in [1.54, 1.807) is 14.1 Å². The molecule has 0 saturated heterocycles. The second-order valence-corrected chi connectivity index (χ2v) is 6.73. The zero-order valence-corrected chi connectivity index (χ0v) is 14.2. The van der Waals surface area contributed by atoms with Gasteiger partial charge in [-0.1, -0.05) is 0 Å². The lowest BCUT2D eigenvalue weighted by Gasteiger charge is -2.05. The number of aromatic nitrogens is 1. The maximum absolute atomic E-state index is 11.8. The molecule has 0 aliphatic rings. The number of hydrogen-bond donors (Lipinski definition) is 0. The normalized spacial score (nSPS) is 10.9. The number of carbonyl (C=O) groups is 2. The van der Waals surface area contributed by atoms with E-state index in [1.807, 2.05) is 29.7 Å². The molecule has 2 aromatic heterocycles. The summed E-state index contributed by atoms with van der Waals surface area (Å²) in [7, 11) is 4.78. The van der Waals surface area contributed by atoms with Crippen LogP contribution in [0, 0.1) is 0 Å². The molecule has 2 rings (SSSR count). The summed E-state index contributed by atoms with van der Waals surface area (Å²) in [6, 6.07) is 3.85.